The number of hydrogen-bond acceptors (Lipinski definition) is 6. The number of ketones is 1. The third-order valence-corrected chi connectivity index (χ3v) is 8.39. The van der Waals surface area contributed by atoms with Crippen molar-refractivity contribution < 1.29 is 28.7 Å². The van der Waals surface area contributed by atoms with Gasteiger partial charge < -0.3 is 25.6 Å². The van der Waals surface area contributed by atoms with Crippen LogP contribution in [0.15, 0.2) is 60.7 Å². The first-order valence-corrected chi connectivity index (χ1v) is 15.3. The third kappa shape index (κ3) is 8.28. The smallest absolute Gasteiger partial charge is 0.246 e. The van der Waals surface area contributed by atoms with Gasteiger partial charge in [0.1, 0.15) is 30.3 Å². The molecule has 2 aromatic rings. The minimum absolute atomic E-state index is 0.100. The van der Waals surface area contributed by atoms with E-state index in [4.69, 9.17) is 4.74 Å². The number of nitrogens with one attached hydrogen (secondary N) is 3. The molecule has 3 heterocycles. The summed E-state index contributed by atoms with van der Waals surface area (Å²) >= 11 is 0. The van der Waals surface area contributed by atoms with Crippen LogP contribution in [0.2, 0.25) is 0 Å². The average molecular weight is 589 g/mol. The zero-order valence-electron chi connectivity index (χ0n) is 24.3. The number of hydrogen-bond donors (Lipinski definition) is 3. The summed E-state index contributed by atoms with van der Waals surface area (Å²) in [4.78, 5) is 68.4. The highest BCUT2D eigenvalue weighted by molar-refractivity contribution is 5.98. The number of fused-ring (bicyclic) bond motifs is 1. The van der Waals surface area contributed by atoms with Gasteiger partial charge in [-0.2, -0.15) is 0 Å². The zero-order chi connectivity index (χ0) is 30.2. The minimum atomic E-state index is -0.953. The molecule has 3 saturated heterocycles. The molecule has 5 atom stereocenters. The van der Waals surface area contributed by atoms with Gasteiger partial charge >= 0.3 is 0 Å². The Hall–Kier alpha value is -4.05. The lowest BCUT2D eigenvalue weighted by Gasteiger charge is -2.32. The van der Waals surface area contributed by atoms with Crippen LogP contribution in [-0.2, 0) is 41.6 Å². The van der Waals surface area contributed by atoms with Crippen molar-refractivity contribution in [2.45, 2.75) is 88.1 Å². The Morgan fingerprint density at radius 3 is 1.98 bits per heavy atom. The largest absolute Gasteiger partial charge is 0.365 e. The molecule has 10 nitrogen and oxygen atoms in total. The number of epoxide rings is 1. The standard InChI is InChI=1S/C33H40N4O6/c38-28(29-21-43-29)17-9-3-8-15-24-30(39)35-25(19-22-11-4-1-5-12-22)31(40)36-26(20-23-13-6-2-7-14-23)33(42)37-18-10-16-27(37)32(41)34-24/h1-2,4-7,11-14,24-27,29H,3,8-10,15-21H2,(H,34,41)(H,35,39)(H,36,40)/t24-,25-,26-,27-,29-/m0/s1. The van der Waals surface area contributed by atoms with E-state index in [1.54, 1.807) is 4.90 Å². The van der Waals surface area contributed by atoms with Crippen molar-refractivity contribution in [3.8, 4) is 0 Å². The van der Waals surface area contributed by atoms with Crippen LogP contribution in [0.3, 0.4) is 0 Å². The molecule has 10 heteroatoms. The van der Waals surface area contributed by atoms with Gasteiger partial charge in [0.2, 0.25) is 23.6 Å². The summed E-state index contributed by atoms with van der Waals surface area (Å²) in [6, 6.07) is 15.4. The van der Waals surface area contributed by atoms with E-state index in [-0.39, 0.29) is 36.5 Å². The van der Waals surface area contributed by atoms with Crippen molar-refractivity contribution in [3.05, 3.63) is 71.8 Å². The van der Waals surface area contributed by atoms with E-state index in [1.165, 1.54) is 0 Å². The van der Waals surface area contributed by atoms with Gasteiger partial charge in [0.15, 0.2) is 5.78 Å². The highest BCUT2D eigenvalue weighted by Gasteiger charge is 2.40. The van der Waals surface area contributed by atoms with Gasteiger partial charge in [0, 0.05) is 25.8 Å². The number of nitrogens with zero attached hydrogens (tertiary/aromatic N) is 1. The topological polar surface area (TPSA) is 137 Å². The minimum Gasteiger partial charge on any atom is -0.365 e. The molecule has 0 bridgehead atoms. The number of benzene rings is 2. The maximum Gasteiger partial charge on any atom is 0.246 e. The molecule has 4 amide bonds. The first-order chi connectivity index (χ1) is 20.9. The molecule has 0 aliphatic carbocycles. The van der Waals surface area contributed by atoms with Gasteiger partial charge in [0.25, 0.3) is 0 Å². The zero-order valence-corrected chi connectivity index (χ0v) is 24.3. The molecule has 5 rings (SSSR count). The van der Waals surface area contributed by atoms with E-state index in [2.05, 4.69) is 16.0 Å². The van der Waals surface area contributed by atoms with Crippen LogP contribution in [-0.4, -0.2) is 77.7 Å². The van der Waals surface area contributed by atoms with Crippen molar-refractivity contribution in [3.63, 3.8) is 0 Å². The highest BCUT2D eigenvalue weighted by Crippen LogP contribution is 2.21. The summed E-state index contributed by atoms with van der Waals surface area (Å²) in [5, 5.41) is 8.72. The molecule has 0 saturated carbocycles. The highest BCUT2D eigenvalue weighted by atomic mass is 16.6. The molecule has 3 aliphatic rings. The van der Waals surface area contributed by atoms with Crippen molar-refractivity contribution >= 4 is 29.4 Å². The summed E-state index contributed by atoms with van der Waals surface area (Å²) in [5.41, 5.74) is 1.73. The Balaban J connectivity index is 1.36. The third-order valence-electron chi connectivity index (χ3n) is 8.39. The molecule has 43 heavy (non-hydrogen) atoms. The average Bonchev–Trinajstić information content (AvgIpc) is 3.75. The summed E-state index contributed by atoms with van der Waals surface area (Å²) in [5.74, 6) is -1.46. The number of unbranched alkanes of at least 4 members (excludes halogenated alkanes) is 2. The number of carbonyl (C=O) groups is 5. The number of carbonyl (C=O) groups excluding carboxylic acids is 5. The predicted octanol–water partition coefficient (Wildman–Crippen LogP) is 1.85. The lowest BCUT2D eigenvalue weighted by atomic mass is 10.00. The Labute approximate surface area is 251 Å². The van der Waals surface area contributed by atoms with Crippen LogP contribution >= 0.6 is 0 Å². The van der Waals surface area contributed by atoms with E-state index in [1.807, 2.05) is 60.7 Å². The van der Waals surface area contributed by atoms with Gasteiger partial charge in [-0.25, -0.2) is 0 Å². The fraction of sp³-hybridized carbons (Fsp3) is 0.485. The molecule has 0 radical (unpaired) electrons. The lowest BCUT2D eigenvalue weighted by Crippen LogP contribution is -2.61. The Morgan fingerprint density at radius 1 is 0.744 bits per heavy atom. The van der Waals surface area contributed by atoms with Gasteiger partial charge in [-0.05, 0) is 36.8 Å². The normalized spacial score (nSPS) is 26.0. The number of amides is 4. The first-order valence-electron chi connectivity index (χ1n) is 15.3. The molecular weight excluding hydrogens is 548 g/mol. The number of ether oxygens (including phenoxy) is 1. The fourth-order valence-corrected chi connectivity index (χ4v) is 5.91. The molecule has 0 aromatic heterocycles. The predicted molar refractivity (Wildman–Crippen MR) is 159 cm³/mol. The molecular formula is C33H40N4O6. The van der Waals surface area contributed by atoms with Crippen molar-refractivity contribution in [1.29, 1.82) is 0 Å². The maximum absolute atomic E-state index is 13.9. The van der Waals surface area contributed by atoms with Crippen molar-refractivity contribution in [1.82, 2.24) is 20.9 Å². The first kappa shape index (κ1) is 30.4. The molecule has 3 N–H and O–H groups in total. The second-order valence-electron chi connectivity index (χ2n) is 11.6. The number of Topliss-reactive ketones (excluding diaryl/α,β-unsaturated/α-hetero) is 1. The van der Waals surface area contributed by atoms with Gasteiger partial charge in [-0.1, -0.05) is 73.5 Å². The van der Waals surface area contributed by atoms with Crippen LogP contribution in [0.25, 0.3) is 0 Å². The molecule has 2 aromatic carbocycles. The van der Waals surface area contributed by atoms with Gasteiger partial charge in [-0.3, -0.25) is 24.0 Å². The fourth-order valence-electron chi connectivity index (χ4n) is 5.91. The lowest BCUT2D eigenvalue weighted by molar-refractivity contribution is -0.143. The summed E-state index contributed by atoms with van der Waals surface area (Å²) in [6.45, 7) is 0.902. The van der Waals surface area contributed by atoms with Crippen LogP contribution in [0.1, 0.15) is 56.1 Å². The Bertz CT molecular complexity index is 1300. The molecule has 3 aliphatic heterocycles. The van der Waals surface area contributed by atoms with Crippen LogP contribution in [0, 0.1) is 0 Å². The van der Waals surface area contributed by atoms with E-state index in [9.17, 15) is 24.0 Å². The number of rotatable bonds is 11. The molecule has 228 valence electrons. The van der Waals surface area contributed by atoms with E-state index >= 15 is 0 Å². The Morgan fingerprint density at radius 2 is 1.33 bits per heavy atom. The van der Waals surface area contributed by atoms with Crippen LogP contribution in [0.4, 0.5) is 0 Å². The van der Waals surface area contributed by atoms with E-state index < -0.39 is 36.0 Å². The quantitative estimate of drug-likeness (QED) is 0.271. The molecule has 0 spiro atoms. The van der Waals surface area contributed by atoms with Crippen LogP contribution in [0.5, 0.6) is 0 Å². The second-order valence-corrected chi connectivity index (χ2v) is 11.6. The maximum atomic E-state index is 13.9. The van der Waals surface area contributed by atoms with E-state index in [0.29, 0.717) is 58.1 Å². The van der Waals surface area contributed by atoms with Crippen molar-refractivity contribution in [2.24, 2.45) is 0 Å². The summed E-state index contributed by atoms with van der Waals surface area (Å²) in [7, 11) is 0. The SMILES string of the molecule is O=C1N[C@@H](Cc2ccccc2)C(=O)N2CCC[C@H]2C(=O)N[C@@H](CCCCCC(=O)[C@@H]2CO2)C(=O)N[C@H]1Cc1ccccc1. The molecule has 3 fully saturated rings. The van der Waals surface area contributed by atoms with Gasteiger partial charge in [-0.15, -0.1) is 0 Å². The molecule has 0 unspecified atom stereocenters. The monoisotopic (exact) mass is 588 g/mol. The summed E-state index contributed by atoms with van der Waals surface area (Å²) in [6.07, 6.45) is 4.15. The van der Waals surface area contributed by atoms with Crippen LogP contribution < -0.4 is 16.0 Å². The second kappa shape index (κ2) is 14.4. The Kier molecular flexibility index (Phi) is 10.2. The van der Waals surface area contributed by atoms with E-state index in [0.717, 1.165) is 11.1 Å². The summed E-state index contributed by atoms with van der Waals surface area (Å²) < 4.78 is 5.04. The van der Waals surface area contributed by atoms with Gasteiger partial charge in [0.05, 0.1) is 6.61 Å². The van der Waals surface area contributed by atoms with Crippen molar-refractivity contribution in [2.75, 3.05) is 13.2 Å².